The summed E-state index contributed by atoms with van der Waals surface area (Å²) in [6, 6.07) is 9.36. The van der Waals surface area contributed by atoms with Gasteiger partial charge >= 0.3 is 12.0 Å². The number of rotatable bonds is 9. The molecule has 0 aliphatic heterocycles. The maximum Gasteiger partial charge on any atom is 0.394 e. The van der Waals surface area contributed by atoms with Crippen LogP contribution in [0.3, 0.4) is 0 Å². The fraction of sp³-hybridized carbons (Fsp3) is 0.409. The van der Waals surface area contributed by atoms with Crippen LogP contribution in [0.2, 0.25) is 5.02 Å². The van der Waals surface area contributed by atoms with Gasteiger partial charge < -0.3 is 18.6 Å². The third kappa shape index (κ3) is 5.65. The van der Waals surface area contributed by atoms with Crippen molar-refractivity contribution in [3.8, 4) is 17.5 Å². The monoisotopic (exact) mass is 447 g/mol. The van der Waals surface area contributed by atoms with Gasteiger partial charge in [0, 0.05) is 5.02 Å². The predicted molar refractivity (Wildman–Crippen MR) is 115 cm³/mol. The Morgan fingerprint density at radius 1 is 1.29 bits per heavy atom. The lowest BCUT2D eigenvalue weighted by molar-refractivity contribution is -0.166. The van der Waals surface area contributed by atoms with Gasteiger partial charge in [0.15, 0.2) is 11.4 Å². The lowest BCUT2D eigenvalue weighted by Crippen LogP contribution is -2.35. The number of carbonyl (C=O) groups is 1. The van der Waals surface area contributed by atoms with E-state index < -0.39 is 11.6 Å². The van der Waals surface area contributed by atoms with Crippen LogP contribution in [-0.2, 0) is 27.4 Å². The van der Waals surface area contributed by atoms with E-state index >= 15 is 0 Å². The van der Waals surface area contributed by atoms with Crippen LogP contribution in [0.1, 0.15) is 39.0 Å². The number of benzene rings is 1. The smallest absolute Gasteiger partial charge is 0.394 e. The molecule has 1 aromatic carbocycles. The lowest BCUT2D eigenvalue weighted by Gasteiger charge is -2.21. The van der Waals surface area contributed by atoms with Crippen molar-refractivity contribution in [3.63, 3.8) is 0 Å². The maximum absolute atomic E-state index is 11.9. The summed E-state index contributed by atoms with van der Waals surface area (Å²) in [6.45, 7) is 7.59. The van der Waals surface area contributed by atoms with Crippen molar-refractivity contribution in [2.45, 2.75) is 52.6 Å². The molecule has 0 radical (unpaired) electrons. The molecule has 3 rings (SSSR count). The second-order valence-electron chi connectivity index (χ2n) is 7.72. The van der Waals surface area contributed by atoms with Crippen molar-refractivity contribution in [1.82, 2.24) is 14.8 Å². The number of hydrogen-bond donors (Lipinski definition) is 0. The van der Waals surface area contributed by atoms with E-state index in [0.29, 0.717) is 28.7 Å². The standard InChI is InChI=1S/C22H26ClN3O5/c1-14(2)30-21-24-11-19(31-21)18-10-16(13-29-22(3,4)20(27)28-5)25-26(18)12-15-8-6-7-9-17(15)23/h6-11,14H,12-13H2,1-5H3. The zero-order valence-corrected chi connectivity index (χ0v) is 19.0. The average Bonchev–Trinajstić information content (AvgIpc) is 3.33. The van der Waals surface area contributed by atoms with Gasteiger partial charge in [0.1, 0.15) is 5.69 Å². The number of nitrogens with zero attached hydrogens (tertiary/aromatic N) is 3. The summed E-state index contributed by atoms with van der Waals surface area (Å²) in [5.74, 6) is 0.0302. The Kier molecular flexibility index (Phi) is 7.02. The first-order valence-corrected chi connectivity index (χ1v) is 10.2. The van der Waals surface area contributed by atoms with E-state index in [1.807, 2.05) is 44.2 Å². The molecule has 0 aliphatic carbocycles. The molecule has 0 aliphatic rings. The number of carbonyl (C=O) groups excluding carboxylic acids is 1. The van der Waals surface area contributed by atoms with E-state index in [1.165, 1.54) is 7.11 Å². The van der Waals surface area contributed by atoms with Gasteiger partial charge in [-0.05, 0) is 45.4 Å². The van der Waals surface area contributed by atoms with Gasteiger partial charge in [-0.2, -0.15) is 10.1 Å². The highest BCUT2D eigenvalue weighted by atomic mass is 35.5. The highest BCUT2D eigenvalue weighted by molar-refractivity contribution is 6.31. The van der Waals surface area contributed by atoms with E-state index in [0.717, 1.165) is 5.56 Å². The van der Waals surface area contributed by atoms with Gasteiger partial charge in [-0.25, -0.2) is 4.79 Å². The summed E-state index contributed by atoms with van der Waals surface area (Å²) in [4.78, 5) is 16.1. The zero-order chi connectivity index (χ0) is 22.6. The molecule has 0 atom stereocenters. The van der Waals surface area contributed by atoms with Crippen molar-refractivity contribution in [3.05, 3.63) is 52.8 Å². The first-order valence-electron chi connectivity index (χ1n) is 9.85. The van der Waals surface area contributed by atoms with E-state index in [1.54, 1.807) is 24.7 Å². The largest absolute Gasteiger partial charge is 0.467 e. The van der Waals surface area contributed by atoms with Gasteiger partial charge in [-0.15, -0.1) is 0 Å². The Morgan fingerprint density at radius 3 is 2.71 bits per heavy atom. The molecule has 0 amide bonds. The number of methoxy groups -OCH3 is 1. The van der Waals surface area contributed by atoms with Crippen LogP contribution >= 0.6 is 11.6 Å². The van der Waals surface area contributed by atoms with Crippen molar-refractivity contribution in [1.29, 1.82) is 0 Å². The van der Waals surface area contributed by atoms with E-state index in [2.05, 4.69) is 10.1 Å². The Bertz CT molecular complexity index is 1040. The van der Waals surface area contributed by atoms with Gasteiger partial charge in [0.25, 0.3) is 0 Å². The summed E-state index contributed by atoms with van der Waals surface area (Å²) >= 11 is 6.34. The van der Waals surface area contributed by atoms with Gasteiger partial charge in [0.05, 0.1) is 38.3 Å². The third-order valence-corrected chi connectivity index (χ3v) is 4.81. The molecule has 0 fully saturated rings. The van der Waals surface area contributed by atoms with Crippen LogP contribution in [0.5, 0.6) is 6.08 Å². The minimum Gasteiger partial charge on any atom is -0.467 e. The summed E-state index contributed by atoms with van der Waals surface area (Å²) in [7, 11) is 1.32. The summed E-state index contributed by atoms with van der Waals surface area (Å²) < 4.78 is 23.6. The normalized spacial score (nSPS) is 11.7. The number of aromatic nitrogens is 3. The second-order valence-corrected chi connectivity index (χ2v) is 8.12. The van der Waals surface area contributed by atoms with Crippen molar-refractivity contribution < 1.29 is 23.4 Å². The minimum absolute atomic E-state index is 0.0657. The molecular weight excluding hydrogens is 422 g/mol. The summed E-state index contributed by atoms with van der Waals surface area (Å²) in [6.07, 6.45) is 1.70. The van der Waals surface area contributed by atoms with E-state index in [9.17, 15) is 4.79 Å². The topological polar surface area (TPSA) is 88.6 Å². The van der Waals surface area contributed by atoms with E-state index in [4.69, 9.17) is 30.2 Å². The Morgan fingerprint density at radius 2 is 2.03 bits per heavy atom. The van der Waals surface area contributed by atoms with Crippen molar-refractivity contribution in [2.75, 3.05) is 7.11 Å². The molecule has 166 valence electrons. The molecule has 0 saturated heterocycles. The summed E-state index contributed by atoms with van der Waals surface area (Å²) in [5, 5.41) is 5.27. The van der Waals surface area contributed by atoms with Crippen LogP contribution < -0.4 is 4.74 Å². The Balaban J connectivity index is 1.91. The molecule has 0 N–H and O–H groups in total. The van der Waals surface area contributed by atoms with Crippen molar-refractivity contribution >= 4 is 17.6 Å². The average molecular weight is 448 g/mol. The molecule has 0 unspecified atom stereocenters. The number of hydrogen-bond acceptors (Lipinski definition) is 7. The molecule has 8 nitrogen and oxygen atoms in total. The fourth-order valence-corrected chi connectivity index (χ4v) is 3.03. The fourth-order valence-electron chi connectivity index (χ4n) is 2.84. The molecule has 0 bridgehead atoms. The highest BCUT2D eigenvalue weighted by Gasteiger charge is 2.30. The SMILES string of the molecule is COC(=O)C(C)(C)OCc1cc(-c2cnc(OC(C)C)o2)n(Cc2ccccc2Cl)n1. The first-order chi connectivity index (χ1) is 14.7. The van der Waals surface area contributed by atoms with Crippen LogP contribution in [-0.4, -0.2) is 39.5 Å². The molecule has 31 heavy (non-hydrogen) atoms. The third-order valence-electron chi connectivity index (χ3n) is 4.44. The number of ether oxygens (including phenoxy) is 3. The number of oxazole rings is 1. The molecular formula is C22H26ClN3O5. The minimum atomic E-state index is -1.11. The molecule has 2 aromatic heterocycles. The van der Waals surface area contributed by atoms with Gasteiger partial charge in [-0.3, -0.25) is 4.68 Å². The quantitative estimate of drug-likeness (QED) is 0.446. The first kappa shape index (κ1) is 22.8. The molecule has 0 spiro atoms. The molecule has 0 saturated carbocycles. The maximum atomic E-state index is 11.9. The number of halogens is 1. The highest BCUT2D eigenvalue weighted by Crippen LogP contribution is 2.28. The Hall–Kier alpha value is -2.84. The van der Waals surface area contributed by atoms with Crippen LogP contribution in [0.15, 0.2) is 40.9 Å². The van der Waals surface area contributed by atoms with E-state index in [-0.39, 0.29) is 18.8 Å². The van der Waals surface area contributed by atoms with Crippen LogP contribution in [0.25, 0.3) is 11.5 Å². The van der Waals surface area contributed by atoms with Crippen LogP contribution in [0.4, 0.5) is 0 Å². The number of esters is 1. The predicted octanol–water partition coefficient (Wildman–Crippen LogP) is 4.50. The second kappa shape index (κ2) is 9.53. The molecule has 2 heterocycles. The van der Waals surface area contributed by atoms with Gasteiger partial charge in [-0.1, -0.05) is 29.8 Å². The van der Waals surface area contributed by atoms with Gasteiger partial charge in [0.2, 0.25) is 0 Å². The summed E-state index contributed by atoms with van der Waals surface area (Å²) in [5.41, 5.74) is 1.09. The Labute approximate surface area is 186 Å². The van der Waals surface area contributed by atoms with Crippen LogP contribution in [0, 0.1) is 0 Å². The van der Waals surface area contributed by atoms with Crippen molar-refractivity contribution in [2.24, 2.45) is 0 Å². The molecule has 3 aromatic rings. The molecule has 9 heteroatoms. The lowest BCUT2D eigenvalue weighted by atomic mass is 10.1. The zero-order valence-electron chi connectivity index (χ0n) is 18.2.